The van der Waals surface area contributed by atoms with Gasteiger partial charge >= 0.3 is 0 Å². The summed E-state index contributed by atoms with van der Waals surface area (Å²) in [6, 6.07) is 8.42. The summed E-state index contributed by atoms with van der Waals surface area (Å²) < 4.78 is 2.08. The lowest BCUT2D eigenvalue weighted by molar-refractivity contribution is 0.343. The van der Waals surface area contributed by atoms with Gasteiger partial charge < -0.3 is 5.32 Å². The first-order chi connectivity index (χ1) is 8.84. The zero-order valence-electron chi connectivity index (χ0n) is 10.6. The summed E-state index contributed by atoms with van der Waals surface area (Å²) in [7, 11) is 0. The summed E-state index contributed by atoms with van der Waals surface area (Å²) in [6.07, 6.45) is 6.30. The largest absolute Gasteiger partial charge is 0.317 e. The predicted octanol–water partition coefficient (Wildman–Crippen LogP) is 3.55. The first-order valence-corrected chi connectivity index (χ1v) is 6.72. The highest BCUT2D eigenvalue weighted by Gasteiger charge is 2.16. The molecule has 102 valence electrons. The first-order valence-electron chi connectivity index (χ1n) is 6.34. The highest BCUT2D eigenvalue weighted by atomic mass is 35.5. The molecule has 0 atom stereocenters. The van der Waals surface area contributed by atoms with E-state index in [1.54, 1.807) is 0 Å². The van der Waals surface area contributed by atoms with Crippen LogP contribution in [0.25, 0.3) is 11.1 Å². The Labute approximate surface area is 124 Å². The van der Waals surface area contributed by atoms with Gasteiger partial charge in [-0.25, -0.2) is 0 Å². The molecule has 1 aliphatic rings. The molecule has 3 nitrogen and oxygen atoms in total. The van der Waals surface area contributed by atoms with Crippen LogP contribution in [0.1, 0.15) is 18.9 Å². The number of halogens is 2. The molecule has 0 bridgehead atoms. The number of rotatable bonds is 2. The summed E-state index contributed by atoms with van der Waals surface area (Å²) in [5.41, 5.74) is 2.15. The summed E-state index contributed by atoms with van der Waals surface area (Å²) in [5, 5.41) is 8.64. The van der Waals surface area contributed by atoms with Crippen LogP contribution in [0.15, 0.2) is 36.7 Å². The number of benzene rings is 1. The van der Waals surface area contributed by atoms with Gasteiger partial charge in [0.05, 0.1) is 12.2 Å². The van der Waals surface area contributed by atoms with E-state index in [2.05, 4.69) is 21.3 Å². The molecule has 0 radical (unpaired) electrons. The Balaban J connectivity index is 0.00000133. The predicted molar refractivity (Wildman–Crippen MR) is 81.1 cm³/mol. The van der Waals surface area contributed by atoms with Crippen molar-refractivity contribution in [3.8, 4) is 11.1 Å². The van der Waals surface area contributed by atoms with Crippen molar-refractivity contribution in [2.24, 2.45) is 0 Å². The number of nitrogens with one attached hydrogen (secondary N) is 1. The monoisotopic (exact) mass is 297 g/mol. The average Bonchev–Trinajstić information content (AvgIpc) is 2.90. The van der Waals surface area contributed by atoms with E-state index in [0.29, 0.717) is 6.04 Å². The Morgan fingerprint density at radius 2 is 1.95 bits per heavy atom. The van der Waals surface area contributed by atoms with Gasteiger partial charge in [-0.2, -0.15) is 5.10 Å². The third kappa shape index (κ3) is 3.11. The molecule has 2 heterocycles. The van der Waals surface area contributed by atoms with Crippen molar-refractivity contribution < 1.29 is 0 Å². The molecule has 1 saturated heterocycles. The fourth-order valence-corrected chi connectivity index (χ4v) is 2.69. The van der Waals surface area contributed by atoms with Gasteiger partial charge in [0.25, 0.3) is 0 Å². The number of piperidine rings is 1. The molecule has 1 aromatic carbocycles. The van der Waals surface area contributed by atoms with Crippen LogP contribution in [0.2, 0.25) is 5.02 Å². The normalized spacial score (nSPS) is 16.1. The Kier molecular flexibility index (Phi) is 4.86. The molecule has 0 amide bonds. The fourth-order valence-electron chi connectivity index (χ4n) is 2.44. The SMILES string of the molecule is Cl.Clc1ccccc1-c1cnn(C2CCNCC2)c1. The lowest BCUT2D eigenvalue weighted by Gasteiger charge is -2.22. The minimum Gasteiger partial charge on any atom is -0.317 e. The van der Waals surface area contributed by atoms with Crippen molar-refractivity contribution in [2.45, 2.75) is 18.9 Å². The highest BCUT2D eigenvalue weighted by molar-refractivity contribution is 6.33. The molecule has 3 rings (SSSR count). The third-order valence-corrected chi connectivity index (χ3v) is 3.80. The lowest BCUT2D eigenvalue weighted by Crippen LogP contribution is -2.29. The van der Waals surface area contributed by atoms with Gasteiger partial charge in [0.15, 0.2) is 0 Å². The van der Waals surface area contributed by atoms with E-state index in [0.717, 1.165) is 42.1 Å². The quantitative estimate of drug-likeness (QED) is 0.919. The van der Waals surface area contributed by atoms with E-state index < -0.39 is 0 Å². The maximum atomic E-state index is 6.21. The van der Waals surface area contributed by atoms with Crippen LogP contribution >= 0.6 is 24.0 Å². The van der Waals surface area contributed by atoms with Gasteiger partial charge in [0.1, 0.15) is 0 Å². The van der Waals surface area contributed by atoms with Crippen LogP contribution in [-0.2, 0) is 0 Å². The van der Waals surface area contributed by atoms with Crippen molar-refractivity contribution >= 4 is 24.0 Å². The van der Waals surface area contributed by atoms with Crippen molar-refractivity contribution in [3.63, 3.8) is 0 Å². The van der Waals surface area contributed by atoms with Crippen molar-refractivity contribution in [1.29, 1.82) is 0 Å². The summed E-state index contributed by atoms with van der Waals surface area (Å²) in [4.78, 5) is 0. The smallest absolute Gasteiger partial charge is 0.0568 e. The summed E-state index contributed by atoms with van der Waals surface area (Å²) in [6.45, 7) is 2.15. The van der Waals surface area contributed by atoms with Crippen molar-refractivity contribution in [1.82, 2.24) is 15.1 Å². The van der Waals surface area contributed by atoms with Gasteiger partial charge in [0, 0.05) is 22.3 Å². The number of hydrogen-bond donors (Lipinski definition) is 1. The molecular weight excluding hydrogens is 281 g/mol. The van der Waals surface area contributed by atoms with E-state index in [4.69, 9.17) is 11.6 Å². The fraction of sp³-hybridized carbons (Fsp3) is 0.357. The molecule has 2 aromatic rings. The van der Waals surface area contributed by atoms with Crippen LogP contribution < -0.4 is 5.32 Å². The first kappa shape index (κ1) is 14.4. The lowest BCUT2D eigenvalue weighted by atomic mass is 10.1. The Bertz CT molecular complexity index is 533. The van der Waals surface area contributed by atoms with E-state index in [1.807, 2.05) is 30.5 Å². The molecule has 0 unspecified atom stereocenters. The molecule has 19 heavy (non-hydrogen) atoms. The minimum absolute atomic E-state index is 0. The van der Waals surface area contributed by atoms with Crippen LogP contribution in [0.4, 0.5) is 0 Å². The Hall–Kier alpha value is -1.03. The standard InChI is InChI=1S/C14H16ClN3.ClH/c15-14-4-2-1-3-13(14)11-9-17-18(10-11)12-5-7-16-8-6-12;/h1-4,9-10,12,16H,5-8H2;1H. The van der Waals surface area contributed by atoms with E-state index in [9.17, 15) is 0 Å². The van der Waals surface area contributed by atoms with Crippen LogP contribution in [0.3, 0.4) is 0 Å². The summed E-state index contributed by atoms with van der Waals surface area (Å²) in [5.74, 6) is 0. The Morgan fingerprint density at radius 3 is 2.68 bits per heavy atom. The van der Waals surface area contributed by atoms with Gasteiger partial charge in [0.2, 0.25) is 0 Å². The highest BCUT2D eigenvalue weighted by Crippen LogP contribution is 2.28. The molecule has 0 aliphatic carbocycles. The molecular formula is C14H17Cl2N3. The van der Waals surface area contributed by atoms with Crippen LogP contribution in [0.5, 0.6) is 0 Å². The van der Waals surface area contributed by atoms with Gasteiger partial charge in [-0.1, -0.05) is 29.8 Å². The molecule has 1 fully saturated rings. The maximum Gasteiger partial charge on any atom is 0.0568 e. The molecule has 1 N–H and O–H groups in total. The van der Waals surface area contributed by atoms with E-state index >= 15 is 0 Å². The zero-order chi connectivity index (χ0) is 12.4. The zero-order valence-corrected chi connectivity index (χ0v) is 12.1. The second kappa shape index (κ2) is 6.42. The van der Waals surface area contributed by atoms with Gasteiger partial charge in [-0.15, -0.1) is 12.4 Å². The van der Waals surface area contributed by atoms with Crippen molar-refractivity contribution in [2.75, 3.05) is 13.1 Å². The second-order valence-electron chi connectivity index (χ2n) is 4.67. The minimum atomic E-state index is 0. The number of nitrogens with zero attached hydrogens (tertiary/aromatic N) is 2. The number of aromatic nitrogens is 2. The summed E-state index contributed by atoms with van der Waals surface area (Å²) >= 11 is 6.21. The molecule has 1 aliphatic heterocycles. The van der Waals surface area contributed by atoms with Gasteiger partial charge in [-0.3, -0.25) is 4.68 Å². The molecule has 0 saturated carbocycles. The average molecular weight is 298 g/mol. The van der Waals surface area contributed by atoms with Crippen molar-refractivity contribution in [3.05, 3.63) is 41.7 Å². The molecule has 0 spiro atoms. The number of hydrogen-bond acceptors (Lipinski definition) is 2. The second-order valence-corrected chi connectivity index (χ2v) is 5.08. The Morgan fingerprint density at radius 1 is 1.21 bits per heavy atom. The van der Waals surface area contributed by atoms with E-state index in [-0.39, 0.29) is 12.4 Å². The molecule has 1 aromatic heterocycles. The van der Waals surface area contributed by atoms with Crippen LogP contribution in [-0.4, -0.2) is 22.9 Å². The topological polar surface area (TPSA) is 29.9 Å². The molecule has 5 heteroatoms. The maximum absolute atomic E-state index is 6.21. The third-order valence-electron chi connectivity index (χ3n) is 3.47. The van der Waals surface area contributed by atoms with E-state index in [1.165, 1.54) is 0 Å². The van der Waals surface area contributed by atoms with Crippen LogP contribution in [0, 0.1) is 0 Å². The van der Waals surface area contributed by atoms with Gasteiger partial charge in [-0.05, 0) is 32.0 Å².